The molecule has 1 saturated heterocycles. The summed E-state index contributed by atoms with van der Waals surface area (Å²) in [6, 6.07) is 36.3. The molecule has 480 valence electrons. The lowest BCUT2D eigenvalue weighted by molar-refractivity contribution is 0.00578. The van der Waals surface area contributed by atoms with Gasteiger partial charge in [0.1, 0.15) is 72.2 Å². The smallest absolute Gasteiger partial charge is 0.488 e. The van der Waals surface area contributed by atoms with Crippen molar-refractivity contribution in [3.8, 4) is 28.7 Å². The monoisotopic (exact) mass is 1480 g/mol. The van der Waals surface area contributed by atoms with Crippen LogP contribution in [0.25, 0.3) is 43.8 Å². The standard InChI is InChI=1S/C35H34BClN2O5.C15H18BrN3O3.C10H10BrN3O.C8H4BrClN2/c1-22-26(9-7-10-28(22)29-11-8-12-30(23(29)2)36-43-34(3,4)35(5,6)44-36)21-42-33-15-32(27(19-40)14-31(33)37)41-20-25-13-24(16-38)17-39-18-25;1-15(2,3)22-14(21)19(6-7-20)13-11-8-10(16)4-5-12(11)17-9-18-13;11-7-1-2-9-8(5-7)10(12-3-4-15)14-6-13-9;9-5-1-2-7-6(3-5)8(10)12-4-11-7/h7-15,17-19H,20-21H2,1-6H3;4-5,8-9,20H,6-7H2,1-3H3;1-2,5-6,15H,3-4H2,(H,12,13,14);1-4H. The first-order valence-electron chi connectivity index (χ1n) is 29.1. The van der Waals surface area contributed by atoms with Crippen LogP contribution in [-0.4, -0.2) is 108 Å². The molecule has 6 aromatic carbocycles. The molecule has 3 N–H and O–H groups in total. The van der Waals surface area contributed by atoms with Crippen LogP contribution in [-0.2, 0) is 27.3 Å². The van der Waals surface area contributed by atoms with E-state index in [-0.39, 0.29) is 33.0 Å². The third kappa shape index (κ3) is 18.3. The summed E-state index contributed by atoms with van der Waals surface area (Å²) in [4.78, 5) is 54.1. The van der Waals surface area contributed by atoms with E-state index in [0.29, 0.717) is 67.9 Å². The molecule has 0 spiro atoms. The molecule has 1 fully saturated rings. The number of aldehydes is 1. The molecule has 0 bridgehead atoms. The van der Waals surface area contributed by atoms with Gasteiger partial charge in [0.05, 0.1) is 63.7 Å². The Morgan fingerprint density at radius 1 is 0.710 bits per heavy atom. The highest BCUT2D eigenvalue weighted by Crippen LogP contribution is 2.39. The van der Waals surface area contributed by atoms with Crippen molar-refractivity contribution in [1.82, 2.24) is 34.9 Å². The zero-order valence-electron chi connectivity index (χ0n) is 52.3. The molecular weight excluding hydrogens is 1420 g/mol. The van der Waals surface area contributed by atoms with E-state index in [4.69, 9.17) is 57.1 Å². The van der Waals surface area contributed by atoms with Gasteiger partial charge in [-0.3, -0.25) is 14.7 Å². The van der Waals surface area contributed by atoms with Crippen molar-refractivity contribution in [2.45, 2.75) is 92.3 Å². The number of carbonyl (C=O) groups excluding carboxylic acids is 2. The highest BCUT2D eigenvalue weighted by molar-refractivity contribution is 9.11. The predicted molar refractivity (Wildman–Crippen MR) is 374 cm³/mol. The van der Waals surface area contributed by atoms with Gasteiger partial charge >= 0.3 is 13.2 Å². The Bertz CT molecular complexity index is 4360. The summed E-state index contributed by atoms with van der Waals surface area (Å²) in [7, 11) is -0.453. The van der Waals surface area contributed by atoms with Crippen molar-refractivity contribution in [3.05, 3.63) is 198 Å². The van der Waals surface area contributed by atoms with Gasteiger partial charge in [-0.1, -0.05) is 107 Å². The average molecular weight is 1490 g/mol. The lowest BCUT2D eigenvalue weighted by Crippen LogP contribution is -2.41. The molecule has 4 aromatic heterocycles. The van der Waals surface area contributed by atoms with Crippen LogP contribution in [0.2, 0.25) is 10.2 Å². The molecule has 0 atom stereocenters. The highest BCUT2D eigenvalue weighted by Gasteiger charge is 2.52. The Labute approximate surface area is 574 Å². The van der Waals surface area contributed by atoms with Gasteiger partial charge in [-0.05, 0) is 162 Å². The van der Waals surface area contributed by atoms with Crippen LogP contribution < -0.4 is 25.2 Å². The zero-order valence-corrected chi connectivity index (χ0v) is 58.6. The highest BCUT2D eigenvalue weighted by atomic mass is 79.9. The second-order valence-electron chi connectivity index (χ2n) is 23.0. The molecule has 0 unspecified atom stereocenters. The Kier molecular flexibility index (Phi) is 24.4. The number of nitrogens with zero attached hydrogens (tertiary/aromatic N) is 9. The minimum atomic E-state index is -0.631. The Hall–Kier alpha value is -7.76. The first-order chi connectivity index (χ1) is 44.3. The maximum atomic E-state index is 12.4. The number of nitrogens with one attached hydrogen (secondary N) is 1. The van der Waals surface area contributed by atoms with Crippen molar-refractivity contribution in [1.29, 1.82) is 5.26 Å². The zero-order chi connectivity index (χ0) is 67.2. The maximum absolute atomic E-state index is 12.4. The fraction of sp³-hybridized carbons (Fsp3) is 0.265. The average Bonchev–Trinajstić information content (AvgIpc) is 1.65. The molecule has 0 radical (unpaired) electrons. The number of ether oxygens (including phenoxy) is 3. The number of carbonyl (C=O) groups is 2. The number of aliphatic hydroxyl groups excluding tert-OH is 2. The van der Waals surface area contributed by atoms with Crippen LogP contribution in [0.3, 0.4) is 0 Å². The molecule has 0 saturated carbocycles. The van der Waals surface area contributed by atoms with Gasteiger partial charge < -0.3 is 39.0 Å². The van der Waals surface area contributed by atoms with Crippen LogP contribution in [0.4, 0.5) is 16.4 Å². The number of rotatable bonds is 15. The topological polar surface area (TPSA) is 250 Å². The summed E-state index contributed by atoms with van der Waals surface area (Å²) in [5.41, 5.74) is 8.72. The molecule has 1 amide bonds. The number of hydrogen-bond donors (Lipinski definition) is 3. The van der Waals surface area contributed by atoms with Gasteiger partial charge in [-0.25, -0.2) is 34.7 Å². The summed E-state index contributed by atoms with van der Waals surface area (Å²) in [5.74, 6) is 1.87. The third-order valence-electron chi connectivity index (χ3n) is 14.8. The van der Waals surface area contributed by atoms with Gasteiger partial charge in [-0.15, -0.1) is 0 Å². The second-order valence-corrected chi connectivity index (χ2v) is 26.5. The van der Waals surface area contributed by atoms with Crippen LogP contribution in [0.1, 0.15) is 86.6 Å². The first kappa shape index (κ1) is 71.1. The normalized spacial score (nSPS) is 12.9. The molecule has 10 aromatic rings. The summed E-state index contributed by atoms with van der Waals surface area (Å²) in [6.45, 7) is 18.6. The maximum Gasteiger partial charge on any atom is 0.495 e. The fourth-order valence-electron chi connectivity index (χ4n) is 9.40. The Morgan fingerprint density at radius 2 is 1.29 bits per heavy atom. The number of halogens is 5. The summed E-state index contributed by atoms with van der Waals surface area (Å²) in [6.07, 6.45) is 7.57. The molecule has 19 nitrogen and oxygen atoms in total. The number of anilines is 2. The second kappa shape index (κ2) is 31.9. The van der Waals surface area contributed by atoms with E-state index in [1.807, 2.05) is 72.8 Å². The minimum absolute atomic E-state index is 0.0828. The number of amides is 1. The number of benzene rings is 6. The quantitative estimate of drug-likeness (QED) is 0.0490. The van der Waals surface area contributed by atoms with E-state index in [1.54, 1.807) is 39.1 Å². The molecule has 25 heteroatoms. The van der Waals surface area contributed by atoms with E-state index >= 15 is 0 Å². The van der Waals surface area contributed by atoms with E-state index in [2.05, 4.69) is 154 Å². The summed E-state index contributed by atoms with van der Waals surface area (Å²) < 4.78 is 33.0. The van der Waals surface area contributed by atoms with E-state index < -0.39 is 30.0 Å². The molecule has 5 heterocycles. The number of nitriles is 1. The van der Waals surface area contributed by atoms with Crippen molar-refractivity contribution < 1.29 is 43.3 Å². The van der Waals surface area contributed by atoms with Crippen molar-refractivity contribution in [3.63, 3.8) is 0 Å². The van der Waals surface area contributed by atoms with Gasteiger partial charge in [0.15, 0.2) is 6.29 Å². The summed E-state index contributed by atoms with van der Waals surface area (Å²) in [5, 5.41) is 33.5. The summed E-state index contributed by atoms with van der Waals surface area (Å²) >= 11 is 22.5. The minimum Gasteiger partial charge on any atom is -0.488 e. The third-order valence-corrected chi connectivity index (χ3v) is 16.9. The fourth-order valence-corrected chi connectivity index (χ4v) is 10.9. The van der Waals surface area contributed by atoms with Crippen LogP contribution in [0.15, 0.2) is 154 Å². The molecule has 1 aliphatic rings. The van der Waals surface area contributed by atoms with Gasteiger partial charge in [0.2, 0.25) is 0 Å². The van der Waals surface area contributed by atoms with Gasteiger partial charge in [0.25, 0.3) is 0 Å². The number of pyridine rings is 1. The Morgan fingerprint density at radius 3 is 1.91 bits per heavy atom. The van der Waals surface area contributed by atoms with E-state index in [1.165, 1.54) is 36.1 Å². The lowest BCUT2D eigenvalue weighted by Gasteiger charge is -2.32. The SMILES string of the molecule is CC(C)(C)OC(=O)N(CCO)c1ncnc2ccc(Br)cc12.Cc1c(COc2cc(OCc3cncc(C#N)c3)c(C=O)cc2Cl)cccc1-c1cccc(B2OC(C)(C)C(C)(C)O2)c1C.Clc1ncnc2ccc(Br)cc12.OCCNc1ncnc2ccc(Br)cc12. The van der Waals surface area contributed by atoms with Crippen LogP contribution in [0.5, 0.6) is 11.5 Å². The number of hydrogen-bond acceptors (Lipinski definition) is 18. The Balaban J connectivity index is 0.000000185. The number of aromatic nitrogens is 7. The first-order valence-corrected chi connectivity index (χ1v) is 32.2. The molecule has 1 aliphatic heterocycles. The lowest BCUT2D eigenvalue weighted by atomic mass is 9.74. The van der Waals surface area contributed by atoms with Crippen molar-refractivity contribution in [2.75, 3.05) is 36.5 Å². The van der Waals surface area contributed by atoms with Crippen LogP contribution >= 0.6 is 71.0 Å². The number of fused-ring (bicyclic) bond motifs is 3. The molecule has 0 aliphatic carbocycles. The van der Waals surface area contributed by atoms with E-state index in [9.17, 15) is 14.7 Å². The van der Waals surface area contributed by atoms with Crippen LogP contribution in [0, 0.1) is 25.2 Å². The number of aliphatic hydroxyl groups is 2. The molecule has 11 rings (SSSR count). The molecule has 93 heavy (non-hydrogen) atoms. The largest absolute Gasteiger partial charge is 0.495 e. The van der Waals surface area contributed by atoms with Gasteiger partial charge in [-0.2, -0.15) is 5.26 Å². The van der Waals surface area contributed by atoms with Crippen molar-refractivity contribution >= 4 is 140 Å². The van der Waals surface area contributed by atoms with E-state index in [0.717, 1.165) is 74.3 Å². The molecular formula is C68H66BBr3Cl2N10O9. The predicted octanol–water partition coefficient (Wildman–Crippen LogP) is 15.1. The van der Waals surface area contributed by atoms with Gasteiger partial charge in [0, 0.05) is 60.1 Å². The van der Waals surface area contributed by atoms with Crippen molar-refractivity contribution in [2.24, 2.45) is 0 Å².